The Morgan fingerprint density at radius 2 is 1.80 bits per heavy atom. The second-order valence-corrected chi connectivity index (χ2v) is 5.72. The minimum atomic E-state index is 0.331. The summed E-state index contributed by atoms with van der Waals surface area (Å²) in [6, 6.07) is 0.331. The van der Waals surface area contributed by atoms with Crippen molar-refractivity contribution in [1.82, 2.24) is 0 Å². The van der Waals surface area contributed by atoms with Crippen molar-refractivity contribution in [2.75, 3.05) is 0 Å². The van der Waals surface area contributed by atoms with E-state index >= 15 is 0 Å². The molecule has 0 aromatic rings. The molecule has 2 N–H and O–H groups in total. The molecular weight excluding hydrogens is 182 g/mol. The van der Waals surface area contributed by atoms with Crippen LogP contribution in [0, 0.1) is 23.7 Å². The lowest BCUT2D eigenvalue weighted by molar-refractivity contribution is 0.135. The van der Waals surface area contributed by atoms with E-state index in [0.717, 1.165) is 23.7 Å². The molecule has 1 fully saturated rings. The van der Waals surface area contributed by atoms with Crippen LogP contribution in [0.3, 0.4) is 0 Å². The lowest BCUT2D eigenvalue weighted by atomic mass is 9.66. The Morgan fingerprint density at radius 1 is 1.00 bits per heavy atom. The van der Waals surface area contributed by atoms with E-state index in [0.29, 0.717) is 6.04 Å². The summed E-state index contributed by atoms with van der Waals surface area (Å²) in [6.07, 6.45) is 11.5. The Labute approximate surface area is 94.1 Å². The van der Waals surface area contributed by atoms with E-state index in [-0.39, 0.29) is 0 Å². The van der Waals surface area contributed by atoms with Crippen molar-refractivity contribution in [3.63, 3.8) is 0 Å². The van der Waals surface area contributed by atoms with Crippen LogP contribution in [0.1, 0.15) is 46.0 Å². The summed E-state index contributed by atoms with van der Waals surface area (Å²) in [5, 5.41) is 0. The zero-order valence-electron chi connectivity index (χ0n) is 10.2. The van der Waals surface area contributed by atoms with Gasteiger partial charge >= 0.3 is 0 Å². The standard InChI is InChI=1S/C14H25N/c1-10-4-3-5-14(11(10)2)12-6-8-13(15)9-7-12/h6,8,10-14H,3-5,7,9,15H2,1-2H3. The molecule has 1 nitrogen and oxygen atoms in total. The third kappa shape index (κ3) is 2.44. The van der Waals surface area contributed by atoms with Crippen LogP contribution in [-0.4, -0.2) is 6.04 Å². The van der Waals surface area contributed by atoms with E-state index in [1.165, 1.54) is 32.1 Å². The van der Waals surface area contributed by atoms with Gasteiger partial charge in [0.2, 0.25) is 0 Å². The predicted molar refractivity (Wildman–Crippen MR) is 65.5 cm³/mol. The maximum absolute atomic E-state index is 5.90. The number of allylic oxidation sites excluding steroid dienone is 1. The summed E-state index contributed by atoms with van der Waals surface area (Å²) in [5.41, 5.74) is 5.90. The lowest BCUT2D eigenvalue weighted by Gasteiger charge is -2.39. The van der Waals surface area contributed by atoms with E-state index < -0.39 is 0 Å². The molecule has 0 aromatic carbocycles. The molecular formula is C14H25N. The third-order valence-electron chi connectivity index (χ3n) is 4.76. The van der Waals surface area contributed by atoms with Gasteiger partial charge in [-0.3, -0.25) is 0 Å². The summed E-state index contributed by atoms with van der Waals surface area (Å²) >= 11 is 0. The summed E-state index contributed by atoms with van der Waals surface area (Å²) in [4.78, 5) is 0. The second-order valence-electron chi connectivity index (χ2n) is 5.72. The first-order valence-corrected chi connectivity index (χ1v) is 6.62. The molecule has 2 aliphatic rings. The summed E-state index contributed by atoms with van der Waals surface area (Å²) in [6.45, 7) is 4.88. The van der Waals surface area contributed by atoms with Gasteiger partial charge in [0.05, 0.1) is 0 Å². The Kier molecular flexibility index (Phi) is 3.50. The number of nitrogens with two attached hydrogens (primary N) is 1. The average Bonchev–Trinajstić information content (AvgIpc) is 2.24. The van der Waals surface area contributed by atoms with Gasteiger partial charge in [0.15, 0.2) is 0 Å². The lowest BCUT2D eigenvalue weighted by Crippen LogP contribution is -2.32. The van der Waals surface area contributed by atoms with Gasteiger partial charge in [0.1, 0.15) is 0 Å². The molecule has 0 aromatic heterocycles. The van der Waals surface area contributed by atoms with Crippen molar-refractivity contribution < 1.29 is 0 Å². The largest absolute Gasteiger partial charge is 0.324 e. The van der Waals surface area contributed by atoms with Crippen LogP contribution in [0.15, 0.2) is 12.2 Å². The van der Waals surface area contributed by atoms with Crippen molar-refractivity contribution in [3.8, 4) is 0 Å². The van der Waals surface area contributed by atoms with Crippen LogP contribution >= 0.6 is 0 Å². The smallest absolute Gasteiger partial charge is 0.0223 e. The van der Waals surface area contributed by atoms with Gasteiger partial charge in [0.25, 0.3) is 0 Å². The molecule has 0 radical (unpaired) electrons. The molecule has 0 heterocycles. The minimum absolute atomic E-state index is 0.331. The Bertz CT molecular complexity index is 233. The van der Waals surface area contributed by atoms with Crippen LogP contribution in [0.5, 0.6) is 0 Å². The quantitative estimate of drug-likeness (QED) is 0.656. The fourth-order valence-corrected chi connectivity index (χ4v) is 3.45. The third-order valence-corrected chi connectivity index (χ3v) is 4.76. The summed E-state index contributed by atoms with van der Waals surface area (Å²) in [5.74, 6) is 3.58. The predicted octanol–water partition coefficient (Wildman–Crippen LogP) is 3.35. The van der Waals surface area contributed by atoms with Gasteiger partial charge in [-0.2, -0.15) is 0 Å². The number of hydrogen-bond donors (Lipinski definition) is 1. The zero-order chi connectivity index (χ0) is 10.8. The topological polar surface area (TPSA) is 26.0 Å². The van der Waals surface area contributed by atoms with Gasteiger partial charge in [-0.25, -0.2) is 0 Å². The summed E-state index contributed by atoms with van der Waals surface area (Å²) < 4.78 is 0. The van der Waals surface area contributed by atoms with E-state index in [9.17, 15) is 0 Å². The normalized spacial score (nSPS) is 46.7. The molecule has 2 rings (SSSR count). The maximum atomic E-state index is 5.90. The van der Waals surface area contributed by atoms with E-state index in [1.807, 2.05) is 0 Å². The molecule has 1 saturated carbocycles. The number of rotatable bonds is 1. The average molecular weight is 207 g/mol. The second kappa shape index (κ2) is 4.69. The van der Waals surface area contributed by atoms with Gasteiger partial charge < -0.3 is 5.73 Å². The zero-order valence-corrected chi connectivity index (χ0v) is 10.2. The van der Waals surface area contributed by atoms with Crippen LogP contribution in [0.4, 0.5) is 0 Å². The fraction of sp³-hybridized carbons (Fsp3) is 0.857. The molecule has 2 aliphatic carbocycles. The van der Waals surface area contributed by atoms with Crippen LogP contribution in [-0.2, 0) is 0 Å². The fourth-order valence-electron chi connectivity index (χ4n) is 3.45. The minimum Gasteiger partial charge on any atom is -0.324 e. The first-order valence-electron chi connectivity index (χ1n) is 6.62. The van der Waals surface area contributed by atoms with Crippen LogP contribution in [0.25, 0.3) is 0 Å². The highest BCUT2D eigenvalue weighted by atomic mass is 14.6. The van der Waals surface area contributed by atoms with Gasteiger partial charge in [-0.1, -0.05) is 38.8 Å². The summed E-state index contributed by atoms with van der Waals surface area (Å²) in [7, 11) is 0. The van der Waals surface area contributed by atoms with Crippen molar-refractivity contribution in [3.05, 3.63) is 12.2 Å². The maximum Gasteiger partial charge on any atom is 0.0223 e. The highest BCUT2D eigenvalue weighted by molar-refractivity contribution is 5.03. The SMILES string of the molecule is CC1CCCC(C2C=CC(N)CC2)C1C. The Hall–Kier alpha value is -0.300. The molecule has 86 valence electrons. The first-order chi connectivity index (χ1) is 7.18. The molecule has 0 spiro atoms. The first kappa shape index (κ1) is 11.2. The van der Waals surface area contributed by atoms with Gasteiger partial charge in [-0.05, 0) is 42.9 Å². The molecule has 0 amide bonds. The molecule has 1 heteroatoms. The van der Waals surface area contributed by atoms with Crippen molar-refractivity contribution >= 4 is 0 Å². The highest BCUT2D eigenvalue weighted by Gasteiger charge is 2.32. The van der Waals surface area contributed by atoms with E-state index in [4.69, 9.17) is 5.73 Å². The van der Waals surface area contributed by atoms with Crippen molar-refractivity contribution in [1.29, 1.82) is 0 Å². The molecule has 5 atom stereocenters. The van der Waals surface area contributed by atoms with Gasteiger partial charge in [-0.15, -0.1) is 0 Å². The van der Waals surface area contributed by atoms with Crippen LogP contribution < -0.4 is 5.73 Å². The molecule has 0 bridgehead atoms. The van der Waals surface area contributed by atoms with Crippen molar-refractivity contribution in [2.24, 2.45) is 29.4 Å². The van der Waals surface area contributed by atoms with E-state index in [2.05, 4.69) is 26.0 Å². The number of hydrogen-bond acceptors (Lipinski definition) is 1. The molecule has 15 heavy (non-hydrogen) atoms. The molecule has 5 unspecified atom stereocenters. The highest BCUT2D eigenvalue weighted by Crippen LogP contribution is 2.41. The monoisotopic (exact) mass is 207 g/mol. The Balaban J connectivity index is 2.00. The van der Waals surface area contributed by atoms with Gasteiger partial charge in [0, 0.05) is 6.04 Å². The van der Waals surface area contributed by atoms with E-state index in [1.54, 1.807) is 0 Å². The molecule has 0 aliphatic heterocycles. The van der Waals surface area contributed by atoms with Crippen molar-refractivity contribution in [2.45, 2.75) is 52.0 Å². The molecule has 0 saturated heterocycles. The van der Waals surface area contributed by atoms with Crippen LogP contribution in [0.2, 0.25) is 0 Å². The Morgan fingerprint density at radius 3 is 2.47 bits per heavy atom.